The number of allylic oxidation sites excluding steroid dienone is 3. The molecule has 0 N–H and O–H groups in total. The molecule has 0 bridgehead atoms. The number of hydrogen-bond donors (Lipinski definition) is 0. The van der Waals surface area contributed by atoms with E-state index in [-0.39, 0.29) is 21.7 Å². The minimum absolute atomic E-state index is 0.0380. The molecule has 0 aliphatic heterocycles. The largest absolute Gasteiger partial charge is 0.310 e. The maximum atomic E-state index is 2.55. The average Bonchev–Trinajstić information content (AvgIpc) is 3.24. The van der Waals surface area contributed by atoms with Gasteiger partial charge in [-0.3, -0.25) is 0 Å². The zero-order valence-electron chi connectivity index (χ0n) is 39.3. The van der Waals surface area contributed by atoms with Crippen LogP contribution in [0.25, 0.3) is 32.7 Å². The van der Waals surface area contributed by atoms with Crippen molar-refractivity contribution in [2.75, 3.05) is 9.80 Å². The Morgan fingerprint density at radius 2 is 0.823 bits per heavy atom. The van der Waals surface area contributed by atoms with Crippen LogP contribution in [0.4, 0.5) is 28.4 Å². The second-order valence-electron chi connectivity index (χ2n) is 21.6. The van der Waals surface area contributed by atoms with Crippen LogP contribution in [0, 0.1) is 11.3 Å². The molecule has 62 heavy (non-hydrogen) atoms. The van der Waals surface area contributed by atoms with Crippen LogP contribution in [0.3, 0.4) is 0 Å². The molecule has 0 radical (unpaired) electrons. The molecule has 0 saturated carbocycles. The molecule has 7 aromatic carbocycles. The normalized spacial score (nSPS) is 14.9. The molecule has 1 unspecified atom stereocenters. The Morgan fingerprint density at radius 3 is 1.24 bits per heavy atom. The Morgan fingerprint density at radius 1 is 0.403 bits per heavy atom. The van der Waals surface area contributed by atoms with E-state index in [9.17, 15) is 0 Å². The van der Waals surface area contributed by atoms with Gasteiger partial charge in [0.15, 0.2) is 0 Å². The second kappa shape index (κ2) is 16.1. The van der Waals surface area contributed by atoms with Crippen molar-refractivity contribution in [3.8, 4) is 11.1 Å². The van der Waals surface area contributed by atoms with E-state index in [0.29, 0.717) is 5.92 Å². The van der Waals surface area contributed by atoms with Crippen LogP contribution >= 0.6 is 0 Å². The Kier molecular flexibility index (Phi) is 11.1. The summed E-state index contributed by atoms with van der Waals surface area (Å²) in [6, 6.07) is 54.9. The van der Waals surface area contributed by atoms with Crippen molar-refractivity contribution >= 4 is 50.0 Å². The minimum atomic E-state index is 0.0380. The zero-order valence-corrected chi connectivity index (χ0v) is 39.3. The lowest BCUT2D eigenvalue weighted by Gasteiger charge is -2.36. The molecule has 1 aliphatic rings. The smallest absolute Gasteiger partial charge is 0.0620 e. The first-order chi connectivity index (χ1) is 29.3. The number of hydrogen-bond acceptors (Lipinski definition) is 2. The summed E-state index contributed by atoms with van der Waals surface area (Å²) in [5.74, 6) is 0.458. The molecule has 0 fully saturated rings. The number of benzene rings is 7. The standard InChI is InChI=1S/C60H66N2/c1-57(2,3)43-23-31-47(32-24-43)61(48-33-25-44(26-34-48)58(4,5)6)55-51-20-16-17-21-52(51)56(54-40-42(22-39-53(54)55)41-18-14-13-15-19-41)62(49-35-27-45(28-36-49)59(7,8)9)50-37-29-46(30-38-50)60(10,11)12/h13-29,31-40,46H,30H2,1-12H3. The van der Waals surface area contributed by atoms with E-state index >= 15 is 0 Å². The van der Waals surface area contributed by atoms with Gasteiger partial charge in [0.2, 0.25) is 0 Å². The maximum Gasteiger partial charge on any atom is 0.0620 e. The van der Waals surface area contributed by atoms with Gasteiger partial charge >= 0.3 is 0 Å². The molecule has 7 aromatic rings. The fourth-order valence-electron chi connectivity index (χ4n) is 8.99. The number of rotatable bonds is 7. The zero-order chi connectivity index (χ0) is 44.2. The maximum absolute atomic E-state index is 2.55. The van der Waals surface area contributed by atoms with Gasteiger partial charge in [0.1, 0.15) is 0 Å². The lowest BCUT2D eigenvalue weighted by molar-refractivity contribution is 0.293. The number of anilines is 5. The average molecular weight is 815 g/mol. The number of fused-ring (bicyclic) bond motifs is 2. The van der Waals surface area contributed by atoms with Gasteiger partial charge in [-0.1, -0.05) is 198 Å². The molecular formula is C60H66N2. The first-order valence-corrected chi connectivity index (χ1v) is 22.6. The predicted octanol–water partition coefficient (Wildman–Crippen LogP) is 17.7. The SMILES string of the molecule is CC(C)(C)c1ccc(N(C2=CCC(C(C)(C)C)C=C2)c2c3ccccc3c(N(c3ccc(C(C)(C)C)cc3)c3ccc(C(C)(C)C)cc3)c3ccc(-c4ccccc4)cc23)cc1. The van der Waals surface area contributed by atoms with Gasteiger partial charge in [-0.05, 0) is 110 Å². The van der Waals surface area contributed by atoms with Crippen LogP contribution < -0.4 is 9.80 Å². The van der Waals surface area contributed by atoms with Crippen molar-refractivity contribution in [2.45, 2.75) is 106 Å². The van der Waals surface area contributed by atoms with E-state index < -0.39 is 0 Å². The third-order valence-electron chi connectivity index (χ3n) is 12.9. The van der Waals surface area contributed by atoms with Crippen LogP contribution in [-0.2, 0) is 16.2 Å². The molecular weight excluding hydrogens is 749 g/mol. The highest BCUT2D eigenvalue weighted by atomic mass is 15.2. The molecule has 316 valence electrons. The van der Waals surface area contributed by atoms with E-state index in [1.165, 1.54) is 66.4 Å². The highest BCUT2D eigenvalue weighted by molar-refractivity contribution is 6.23. The van der Waals surface area contributed by atoms with Gasteiger partial charge in [-0.25, -0.2) is 0 Å². The molecule has 1 atom stereocenters. The highest BCUT2D eigenvalue weighted by Gasteiger charge is 2.30. The number of nitrogens with zero attached hydrogens (tertiary/aromatic N) is 2. The van der Waals surface area contributed by atoms with Crippen molar-refractivity contribution in [3.05, 3.63) is 186 Å². The fraction of sp³-hybridized carbons (Fsp3) is 0.300. The van der Waals surface area contributed by atoms with Gasteiger partial charge in [0.05, 0.1) is 11.4 Å². The Balaban J connectivity index is 1.48. The quantitative estimate of drug-likeness (QED) is 0.117. The summed E-state index contributed by atoms with van der Waals surface area (Å²) in [5.41, 5.74) is 13.6. The fourth-order valence-corrected chi connectivity index (χ4v) is 8.99. The van der Waals surface area contributed by atoms with Gasteiger partial charge in [-0.15, -0.1) is 0 Å². The van der Waals surface area contributed by atoms with Gasteiger partial charge in [-0.2, -0.15) is 0 Å². The van der Waals surface area contributed by atoms with Crippen molar-refractivity contribution in [1.82, 2.24) is 0 Å². The third kappa shape index (κ3) is 8.50. The van der Waals surface area contributed by atoms with Crippen LogP contribution in [-0.4, -0.2) is 0 Å². The summed E-state index contributed by atoms with van der Waals surface area (Å²) < 4.78 is 0. The van der Waals surface area contributed by atoms with Gasteiger partial charge in [0, 0.05) is 44.3 Å². The summed E-state index contributed by atoms with van der Waals surface area (Å²) in [4.78, 5) is 5.05. The van der Waals surface area contributed by atoms with E-state index in [2.05, 4.69) is 257 Å². The molecule has 0 aromatic heterocycles. The first-order valence-electron chi connectivity index (χ1n) is 22.6. The predicted molar refractivity (Wildman–Crippen MR) is 271 cm³/mol. The van der Waals surface area contributed by atoms with Crippen molar-refractivity contribution < 1.29 is 0 Å². The topological polar surface area (TPSA) is 6.48 Å². The third-order valence-corrected chi connectivity index (χ3v) is 12.9. The molecule has 0 spiro atoms. The molecule has 8 rings (SSSR count). The van der Waals surface area contributed by atoms with E-state index in [4.69, 9.17) is 0 Å². The lowest BCUT2D eigenvalue weighted by atomic mass is 9.77. The summed E-state index contributed by atoms with van der Waals surface area (Å²) in [6.45, 7) is 27.7. The van der Waals surface area contributed by atoms with Crippen LogP contribution in [0.5, 0.6) is 0 Å². The highest BCUT2D eigenvalue weighted by Crippen LogP contribution is 2.52. The molecule has 0 amide bonds. The van der Waals surface area contributed by atoms with E-state index in [0.717, 1.165) is 23.5 Å². The Hall–Kier alpha value is -5.86. The molecule has 2 nitrogen and oxygen atoms in total. The molecule has 0 heterocycles. The second-order valence-corrected chi connectivity index (χ2v) is 21.6. The van der Waals surface area contributed by atoms with Crippen molar-refractivity contribution in [2.24, 2.45) is 11.3 Å². The minimum Gasteiger partial charge on any atom is -0.310 e. The Bertz CT molecular complexity index is 2700. The molecule has 0 saturated heterocycles. The summed E-state index contributed by atoms with van der Waals surface area (Å²) in [6.07, 6.45) is 8.29. The Labute approximate surface area is 372 Å². The van der Waals surface area contributed by atoms with Gasteiger partial charge < -0.3 is 9.80 Å². The first kappa shape index (κ1) is 42.8. The molecule has 2 heteroatoms. The van der Waals surface area contributed by atoms with Crippen LogP contribution in [0.2, 0.25) is 0 Å². The van der Waals surface area contributed by atoms with Crippen molar-refractivity contribution in [3.63, 3.8) is 0 Å². The lowest BCUT2D eigenvalue weighted by Crippen LogP contribution is -2.23. The molecule has 1 aliphatic carbocycles. The summed E-state index contributed by atoms with van der Waals surface area (Å²) in [7, 11) is 0. The van der Waals surface area contributed by atoms with Crippen LogP contribution in [0.1, 0.15) is 106 Å². The van der Waals surface area contributed by atoms with E-state index in [1.807, 2.05) is 0 Å². The van der Waals surface area contributed by atoms with Crippen LogP contribution in [0.15, 0.2) is 170 Å². The van der Waals surface area contributed by atoms with E-state index in [1.54, 1.807) is 0 Å². The van der Waals surface area contributed by atoms with Gasteiger partial charge in [0.25, 0.3) is 0 Å². The monoisotopic (exact) mass is 815 g/mol. The van der Waals surface area contributed by atoms with Crippen molar-refractivity contribution in [1.29, 1.82) is 0 Å². The summed E-state index contributed by atoms with van der Waals surface area (Å²) >= 11 is 0. The summed E-state index contributed by atoms with van der Waals surface area (Å²) in [5, 5.41) is 4.80.